The first kappa shape index (κ1) is 15.7. The van der Waals surface area contributed by atoms with E-state index in [9.17, 15) is 0 Å². The molecule has 0 aromatic rings. The summed E-state index contributed by atoms with van der Waals surface area (Å²) in [5, 5.41) is 0. The summed E-state index contributed by atoms with van der Waals surface area (Å²) < 4.78 is 10.9. The Morgan fingerprint density at radius 3 is 2.56 bits per heavy atom. The third-order valence-electron chi connectivity index (χ3n) is 1.91. The van der Waals surface area contributed by atoms with E-state index in [0.717, 1.165) is 32.5 Å². The molecule has 1 aliphatic rings. The second-order valence-electron chi connectivity index (χ2n) is 4.47. The maximum atomic E-state index is 5.47. The van der Waals surface area contributed by atoms with Crippen LogP contribution in [0.1, 0.15) is 32.1 Å². The Bertz CT molecular complexity index is 178. The maximum absolute atomic E-state index is 5.47. The molecule has 0 spiro atoms. The largest absolute Gasteiger partial charge is 0.353 e. The topological polar surface area (TPSA) is 18.5 Å². The van der Waals surface area contributed by atoms with Gasteiger partial charge in [-0.1, -0.05) is 19.6 Å². The average molecular weight is 241 g/mol. The Morgan fingerprint density at radius 2 is 2.06 bits per heavy atom. The van der Waals surface area contributed by atoms with Crippen molar-refractivity contribution in [3.63, 3.8) is 0 Å². The number of rotatable bonds is 4. The minimum absolute atomic E-state index is 0.0384. The molecule has 0 aromatic carbocycles. The standard InChI is InChI=1S/C10H16O2.C3H9Si/c1-2-3-5-8-11-10-7-4-6-9-12-10;1-4(2)3/h1,10H,3-9H2;1-3H3. The minimum Gasteiger partial charge on any atom is -0.353 e. The Balaban J connectivity index is 0.000000487. The predicted molar refractivity (Wildman–Crippen MR) is 71.0 cm³/mol. The fraction of sp³-hybridized carbons (Fsp3) is 0.846. The van der Waals surface area contributed by atoms with Crippen molar-refractivity contribution in [1.82, 2.24) is 0 Å². The average Bonchev–Trinajstić information content (AvgIpc) is 2.25. The first-order chi connectivity index (χ1) is 7.66. The van der Waals surface area contributed by atoms with Crippen LogP contribution in [0.4, 0.5) is 0 Å². The van der Waals surface area contributed by atoms with Gasteiger partial charge in [-0.05, 0) is 25.7 Å². The van der Waals surface area contributed by atoms with Gasteiger partial charge in [0.2, 0.25) is 0 Å². The van der Waals surface area contributed by atoms with Crippen molar-refractivity contribution >= 4 is 8.80 Å². The molecule has 1 rings (SSSR count). The summed E-state index contributed by atoms with van der Waals surface area (Å²) in [4.78, 5) is 0. The molecule has 1 fully saturated rings. The van der Waals surface area contributed by atoms with Crippen LogP contribution in [0, 0.1) is 12.3 Å². The summed E-state index contributed by atoms with van der Waals surface area (Å²) in [6.45, 7) is 8.38. The Kier molecular flexibility index (Phi) is 11.0. The molecule has 0 amide bonds. The Morgan fingerprint density at radius 1 is 1.38 bits per heavy atom. The summed E-state index contributed by atoms with van der Waals surface area (Å²) in [7, 11) is 0.120. The molecular formula is C13H25O2Si. The van der Waals surface area contributed by atoms with Crippen LogP contribution in [0.2, 0.25) is 19.6 Å². The zero-order chi connectivity index (χ0) is 12.2. The van der Waals surface area contributed by atoms with E-state index in [2.05, 4.69) is 25.6 Å². The molecule has 1 heterocycles. The highest BCUT2D eigenvalue weighted by Gasteiger charge is 2.12. The maximum Gasteiger partial charge on any atom is 0.157 e. The highest BCUT2D eigenvalue weighted by atomic mass is 28.3. The van der Waals surface area contributed by atoms with Gasteiger partial charge in [0.05, 0.1) is 6.61 Å². The van der Waals surface area contributed by atoms with E-state index in [4.69, 9.17) is 15.9 Å². The van der Waals surface area contributed by atoms with Crippen LogP contribution in [0.15, 0.2) is 0 Å². The van der Waals surface area contributed by atoms with Crippen LogP contribution in [0.3, 0.4) is 0 Å². The monoisotopic (exact) mass is 241 g/mol. The molecule has 0 aromatic heterocycles. The van der Waals surface area contributed by atoms with Gasteiger partial charge in [0.15, 0.2) is 6.29 Å². The summed E-state index contributed by atoms with van der Waals surface area (Å²) in [6.07, 6.45) is 10.3. The molecular weight excluding hydrogens is 216 g/mol. The molecule has 0 aliphatic carbocycles. The molecule has 1 atom stereocenters. The molecule has 1 saturated heterocycles. The van der Waals surface area contributed by atoms with E-state index < -0.39 is 0 Å². The van der Waals surface area contributed by atoms with Gasteiger partial charge in [-0.15, -0.1) is 12.3 Å². The van der Waals surface area contributed by atoms with Gasteiger partial charge in [-0.2, -0.15) is 0 Å². The van der Waals surface area contributed by atoms with Crippen LogP contribution in [-0.2, 0) is 9.47 Å². The molecule has 1 unspecified atom stereocenters. The van der Waals surface area contributed by atoms with Gasteiger partial charge in [-0.3, -0.25) is 0 Å². The molecule has 16 heavy (non-hydrogen) atoms. The first-order valence-electron chi connectivity index (χ1n) is 6.10. The van der Waals surface area contributed by atoms with Crippen LogP contribution in [0.25, 0.3) is 0 Å². The van der Waals surface area contributed by atoms with Crippen LogP contribution in [-0.4, -0.2) is 28.3 Å². The minimum atomic E-state index is 0.0384. The van der Waals surface area contributed by atoms with E-state index >= 15 is 0 Å². The van der Waals surface area contributed by atoms with Gasteiger partial charge >= 0.3 is 0 Å². The zero-order valence-corrected chi connectivity index (χ0v) is 11.9. The lowest BCUT2D eigenvalue weighted by Crippen LogP contribution is -2.22. The SMILES string of the molecule is C#CCCCOC1CCCCO1.C[Si](C)C. The third kappa shape index (κ3) is 11.8. The van der Waals surface area contributed by atoms with E-state index in [1.165, 1.54) is 12.8 Å². The second-order valence-corrected chi connectivity index (χ2v) is 7.47. The van der Waals surface area contributed by atoms with Crippen LogP contribution < -0.4 is 0 Å². The lowest BCUT2D eigenvalue weighted by atomic mass is 10.2. The summed E-state index contributed by atoms with van der Waals surface area (Å²) >= 11 is 0. The smallest absolute Gasteiger partial charge is 0.157 e. The van der Waals surface area contributed by atoms with Crippen molar-refractivity contribution in [3.8, 4) is 12.3 Å². The predicted octanol–water partition coefficient (Wildman–Crippen LogP) is 3.31. The summed E-state index contributed by atoms with van der Waals surface area (Å²) in [5.74, 6) is 2.58. The van der Waals surface area contributed by atoms with E-state index in [-0.39, 0.29) is 15.1 Å². The van der Waals surface area contributed by atoms with Crippen molar-refractivity contribution in [3.05, 3.63) is 0 Å². The fourth-order valence-electron chi connectivity index (χ4n) is 1.23. The van der Waals surface area contributed by atoms with E-state index in [1.54, 1.807) is 0 Å². The zero-order valence-electron chi connectivity index (χ0n) is 10.9. The highest BCUT2D eigenvalue weighted by Crippen LogP contribution is 2.13. The Hall–Kier alpha value is -0.303. The number of hydrogen-bond acceptors (Lipinski definition) is 2. The fourth-order valence-corrected chi connectivity index (χ4v) is 1.23. The first-order valence-corrected chi connectivity index (χ1v) is 9.10. The van der Waals surface area contributed by atoms with Gasteiger partial charge in [0.25, 0.3) is 0 Å². The van der Waals surface area contributed by atoms with E-state index in [0.29, 0.717) is 0 Å². The number of ether oxygens (including phenoxy) is 2. The molecule has 93 valence electrons. The molecule has 3 heteroatoms. The van der Waals surface area contributed by atoms with Crippen molar-refractivity contribution in [2.75, 3.05) is 13.2 Å². The molecule has 0 bridgehead atoms. The van der Waals surface area contributed by atoms with E-state index in [1.807, 2.05) is 0 Å². The van der Waals surface area contributed by atoms with Gasteiger partial charge in [0.1, 0.15) is 0 Å². The van der Waals surface area contributed by atoms with Crippen molar-refractivity contribution in [1.29, 1.82) is 0 Å². The van der Waals surface area contributed by atoms with Gasteiger partial charge < -0.3 is 9.47 Å². The van der Waals surface area contributed by atoms with Crippen molar-refractivity contribution < 1.29 is 9.47 Å². The molecule has 0 saturated carbocycles. The molecule has 2 nitrogen and oxygen atoms in total. The normalized spacial score (nSPS) is 19.8. The number of unbranched alkanes of at least 4 members (excludes halogenated alkanes) is 1. The van der Waals surface area contributed by atoms with Crippen LogP contribution in [0.5, 0.6) is 0 Å². The Labute approximate surface area is 102 Å². The molecule has 0 N–H and O–H groups in total. The van der Waals surface area contributed by atoms with Crippen molar-refractivity contribution in [2.45, 2.75) is 58.0 Å². The molecule has 1 aliphatic heterocycles. The molecule has 1 radical (unpaired) electrons. The second kappa shape index (κ2) is 11.2. The van der Waals surface area contributed by atoms with Gasteiger partial charge in [0, 0.05) is 21.8 Å². The number of terminal acetylenes is 1. The van der Waals surface area contributed by atoms with Gasteiger partial charge in [-0.25, -0.2) is 0 Å². The summed E-state index contributed by atoms with van der Waals surface area (Å²) in [5.41, 5.74) is 0. The summed E-state index contributed by atoms with van der Waals surface area (Å²) in [6, 6.07) is 0. The number of hydrogen-bond donors (Lipinski definition) is 0. The lowest BCUT2D eigenvalue weighted by molar-refractivity contribution is -0.162. The highest BCUT2D eigenvalue weighted by molar-refractivity contribution is 6.54. The van der Waals surface area contributed by atoms with Crippen molar-refractivity contribution in [2.24, 2.45) is 0 Å². The van der Waals surface area contributed by atoms with Crippen LogP contribution >= 0.6 is 0 Å². The lowest BCUT2D eigenvalue weighted by Gasteiger charge is -2.22. The quantitative estimate of drug-likeness (QED) is 0.427. The third-order valence-corrected chi connectivity index (χ3v) is 1.91.